The Morgan fingerprint density at radius 2 is 1.80 bits per heavy atom. The molecule has 0 spiro atoms. The fraction of sp³-hybridized carbons (Fsp3) is 0.200. The lowest BCUT2D eigenvalue weighted by Gasteiger charge is -2.07. The molecule has 5 nitrogen and oxygen atoms in total. The lowest BCUT2D eigenvalue weighted by atomic mass is 10.1. The molecule has 0 bridgehead atoms. The molecule has 0 atom stereocenters. The van der Waals surface area contributed by atoms with Crippen LogP contribution in [0.4, 0.5) is 0 Å². The van der Waals surface area contributed by atoms with Crippen LogP contribution < -0.4 is 10.1 Å². The maximum absolute atomic E-state index is 12.2. The van der Waals surface area contributed by atoms with Crippen molar-refractivity contribution in [3.05, 3.63) is 65.4 Å². The molecule has 0 aliphatic heterocycles. The molecule has 5 heteroatoms. The summed E-state index contributed by atoms with van der Waals surface area (Å²) in [6.45, 7) is 2.02. The molecule has 0 fully saturated rings. The first-order valence-electron chi connectivity index (χ1n) is 8.12. The van der Waals surface area contributed by atoms with Gasteiger partial charge in [-0.15, -0.1) is 0 Å². The summed E-state index contributed by atoms with van der Waals surface area (Å²) < 4.78 is 5.42. The van der Waals surface area contributed by atoms with Crippen LogP contribution in [-0.4, -0.2) is 30.3 Å². The third-order valence-electron chi connectivity index (χ3n) is 4.20. The van der Waals surface area contributed by atoms with E-state index in [2.05, 4.69) is 10.3 Å². The van der Waals surface area contributed by atoms with Crippen molar-refractivity contribution in [3.8, 4) is 5.75 Å². The van der Waals surface area contributed by atoms with Gasteiger partial charge in [0.05, 0.1) is 7.11 Å². The molecule has 0 radical (unpaired) electrons. The van der Waals surface area contributed by atoms with E-state index in [-0.39, 0.29) is 11.7 Å². The SMILES string of the molecule is COc1cccc2[nH]cc(CCNC(=O)c3ccc(C(C)=O)cc3)c12. The van der Waals surface area contributed by atoms with E-state index >= 15 is 0 Å². The predicted octanol–water partition coefficient (Wildman–Crippen LogP) is 3.35. The van der Waals surface area contributed by atoms with Gasteiger partial charge in [0.1, 0.15) is 5.75 Å². The number of Topliss-reactive ketones (excluding diaryl/α,β-unsaturated/α-hetero) is 1. The van der Waals surface area contributed by atoms with Gasteiger partial charge < -0.3 is 15.0 Å². The van der Waals surface area contributed by atoms with E-state index in [1.807, 2.05) is 24.4 Å². The van der Waals surface area contributed by atoms with Gasteiger partial charge in [0.15, 0.2) is 5.78 Å². The van der Waals surface area contributed by atoms with Gasteiger partial charge in [0, 0.05) is 34.8 Å². The number of H-pyrrole nitrogens is 1. The molecule has 0 saturated carbocycles. The predicted molar refractivity (Wildman–Crippen MR) is 97.3 cm³/mol. The number of methoxy groups -OCH3 is 1. The number of fused-ring (bicyclic) bond motifs is 1. The minimum absolute atomic E-state index is 0.0137. The Labute approximate surface area is 146 Å². The number of ether oxygens (including phenoxy) is 1. The van der Waals surface area contributed by atoms with Gasteiger partial charge in [-0.25, -0.2) is 0 Å². The van der Waals surface area contributed by atoms with Crippen molar-refractivity contribution in [3.63, 3.8) is 0 Å². The van der Waals surface area contributed by atoms with Crippen molar-refractivity contribution >= 4 is 22.6 Å². The van der Waals surface area contributed by atoms with Gasteiger partial charge in [-0.05, 0) is 43.2 Å². The zero-order valence-electron chi connectivity index (χ0n) is 14.3. The highest BCUT2D eigenvalue weighted by Crippen LogP contribution is 2.28. The highest BCUT2D eigenvalue weighted by molar-refractivity contribution is 5.97. The highest BCUT2D eigenvalue weighted by atomic mass is 16.5. The molecule has 3 rings (SSSR count). The van der Waals surface area contributed by atoms with Crippen LogP contribution in [0.2, 0.25) is 0 Å². The molecule has 0 saturated heterocycles. The summed E-state index contributed by atoms with van der Waals surface area (Å²) in [6, 6.07) is 12.5. The average molecular weight is 336 g/mol. The van der Waals surface area contributed by atoms with Crippen molar-refractivity contribution < 1.29 is 14.3 Å². The Bertz CT molecular complexity index is 910. The number of carbonyl (C=O) groups excluding carboxylic acids is 2. The van der Waals surface area contributed by atoms with E-state index in [4.69, 9.17) is 4.74 Å². The molecule has 0 aliphatic carbocycles. The number of hydrogen-bond donors (Lipinski definition) is 2. The number of rotatable bonds is 6. The summed E-state index contributed by atoms with van der Waals surface area (Å²) in [4.78, 5) is 26.7. The van der Waals surface area contributed by atoms with Crippen molar-refractivity contribution in [2.75, 3.05) is 13.7 Å². The van der Waals surface area contributed by atoms with E-state index in [9.17, 15) is 9.59 Å². The Morgan fingerprint density at radius 1 is 1.08 bits per heavy atom. The third-order valence-corrected chi connectivity index (χ3v) is 4.20. The van der Waals surface area contributed by atoms with Gasteiger partial charge >= 0.3 is 0 Å². The summed E-state index contributed by atoms with van der Waals surface area (Å²) in [5.74, 6) is 0.655. The van der Waals surface area contributed by atoms with Crippen molar-refractivity contribution in [2.45, 2.75) is 13.3 Å². The third kappa shape index (κ3) is 3.55. The van der Waals surface area contributed by atoms with Crippen molar-refractivity contribution in [1.82, 2.24) is 10.3 Å². The maximum Gasteiger partial charge on any atom is 0.251 e. The largest absolute Gasteiger partial charge is 0.496 e. The topological polar surface area (TPSA) is 71.2 Å². The maximum atomic E-state index is 12.2. The molecule has 25 heavy (non-hydrogen) atoms. The molecule has 128 valence electrons. The smallest absolute Gasteiger partial charge is 0.251 e. The van der Waals surface area contributed by atoms with Crippen LogP contribution in [0.5, 0.6) is 5.75 Å². The molecule has 0 unspecified atom stereocenters. The average Bonchev–Trinajstić information content (AvgIpc) is 3.05. The summed E-state index contributed by atoms with van der Waals surface area (Å²) in [6.07, 6.45) is 2.64. The second kappa shape index (κ2) is 7.21. The minimum atomic E-state index is -0.151. The summed E-state index contributed by atoms with van der Waals surface area (Å²) in [7, 11) is 1.65. The first kappa shape index (κ1) is 16.8. The number of ketones is 1. The zero-order valence-corrected chi connectivity index (χ0v) is 14.3. The van der Waals surface area contributed by atoms with Crippen molar-refractivity contribution in [1.29, 1.82) is 0 Å². The number of aromatic amines is 1. The minimum Gasteiger partial charge on any atom is -0.496 e. The number of benzene rings is 2. The Balaban J connectivity index is 1.65. The van der Waals surface area contributed by atoms with E-state index in [1.54, 1.807) is 31.4 Å². The van der Waals surface area contributed by atoms with Gasteiger partial charge in [0.2, 0.25) is 0 Å². The second-order valence-corrected chi connectivity index (χ2v) is 5.84. The molecule has 1 heterocycles. The Hall–Kier alpha value is -3.08. The molecule has 3 aromatic rings. The lowest BCUT2D eigenvalue weighted by Crippen LogP contribution is -2.25. The van der Waals surface area contributed by atoms with Crippen LogP contribution in [0.3, 0.4) is 0 Å². The Kier molecular flexibility index (Phi) is 4.84. The number of amides is 1. The number of nitrogens with one attached hydrogen (secondary N) is 2. The molecular formula is C20H20N2O3. The van der Waals surface area contributed by atoms with Gasteiger partial charge in [-0.2, -0.15) is 0 Å². The first-order valence-corrected chi connectivity index (χ1v) is 8.12. The quantitative estimate of drug-likeness (QED) is 0.678. The van der Waals surface area contributed by atoms with Crippen molar-refractivity contribution in [2.24, 2.45) is 0 Å². The normalized spacial score (nSPS) is 10.6. The summed E-state index contributed by atoms with van der Waals surface area (Å²) in [5, 5.41) is 3.96. The van der Waals surface area contributed by atoms with Gasteiger partial charge in [-0.1, -0.05) is 18.2 Å². The van der Waals surface area contributed by atoms with E-state index in [0.29, 0.717) is 24.1 Å². The van der Waals surface area contributed by atoms with Gasteiger partial charge in [-0.3, -0.25) is 9.59 Å². The van der Waals surface area contributed by atoms with Crippen LogP contribution in [0, 0.1) is 0 Å². The summed E-state index contributed by atoms with van der Waals surface area (Å²) >= 11 is 0. The molecule has 0 aliphatic rings. The molecule has 2 aromatic carbocycles. The van der Waals surface area contributed by atoms with E-state index in [1.165, 1.54) is 6.92 Å². The monoisotopic (exact) mass is 336 g/mol. The number of aromatic nitrogens is 1. The van der Waals surface area contributed by atoms with E-state index in [0.717, 1.165) is 22.2 Å². The van der Waals surface area contributed by atoms with Crippen LogP contribution in [0.1, 0.15) is 33.2 Å². The fourth-order valence-electron chi connectivity index (χ4n) is 2.86. The fourth-order valence-corrected chi connectivity index (χ4v) is 2.86. The van der Waals surface area contributed by atoms with Gasteiger partial charge in [0.25, 0.3) is 5.91 Å². The Morgan fingerprint density at radius 3 is 2.48 bits per heavy atom. The zero-order chi connectivity index (χ0) is 17.8. The molecule has 1 aromatic heterocycles. The summed E-state index contributed by atoms with van der Waals surface area (Å²) in [5.41, 5.74) is 3.25. The van der Waals surface area contributed by atoms with Crippen LogP contribution >= 0.6 is 0 Å². The van der Waals surface area contributed by atoms with Crippen LogP contribution in [0.25, 0.3) is 10.9 Å². The first-order chi connectivity index (χ1) is 12.1. The molecular weight excluding hydrogens is 316 g/mol. The number of hydrogen-bond acceptors (Lipinski definition) is 3. The van der Waals surface area contributed by atoms with E-state index < -0.39 is 0 Å². The second-order valence-electron chi connectivity index (χ2n) is 5.84. The lowest BCUT2D eigenvalue weighted by molar-refractivity contribution is 0.0952. The highest BCUT2D eigenvalue weighted by Gasteiger charge is 2.10. The standard InChI is InChI=1S/C20H20N2O3/c1-13(23)14-6-8-15(9-7-14)20(24)21-11-10-16-12-22-17-4-3-5-18(25-2)19(16)17/h3-9,12,22H,10-11H2,1-2H3,(H,21,24). The van der Waals surface area contributed by atoms with Crippen LogP contribution in [0.15, 0.2) is 48.7 Å². The van der Waals surface area contributed by atoms with Crippen LogP contribution in [-0.2, 0) is 6.42 Å². The molecule has 1 amide bonds. The number of carbonyl (C=O) groups is 2. The molecule has 2 N–H and O–H groups in total.